The predicted molar refractivity (Wildman–Crippen MR) is 186 cm³/mol. The lowest BCUT2D eigenvalue weighted by atomic mass is 9.91. The first-order chi connectivity index (χ1) is 23.3. The molecule has 0 bridgehead atoms. The number of ether oxygens (including phenoxy) is 1. The van der Waals surface area contributed by atoms with Crippen molar-refractivity contribution in [1.29, 1.82) is 0 Å². The van der Waals surface area contributed by atoms with Crippen molar-refractivity contribution in [2.24, 2.45) is 5.92 Å². The Hall–Kier alpha value is -4.67. The van der Waals surface area contributed by atoms with E-state index in [0.29, 0.717) is 66.9 Å². The van der Waals surface area contributed by atoms with E-state index < -0.39 is 11.6 Å². The molecule has 1 N–H and O–H groups in total. The number of fused-ring (bicyclic) bond motifs is 2. The Morgan fingerprint density at radius 2 is 1.61 bits per heavy atom. The molecule has 1 atom stereocenters. The summed E-state index contributed by atoms with van der Waals surface area (Å²) >= 11 is 6.69. The topological polar surface area (TPSA) is 122 Å². The molecule has 4 heterocycles. The number of amides is 1. The van der Waals surface area contributed by atoms with Crippen molar-refractivity contribution in [1.82, 2.24) is 19.8 Å². The maximum absolute atomic E-state index is 12.7. The molecule has 1 saturated heterocycles. The molecule has 10 nitrogen and oxygen atoms in total. The average molecular weight is 683 g/mol. The van der Waals surface area contributed by atoms with Gasteiger partial charge in [0.2, 0.25) is 11.8 Å². The van der Waals surface area contributed by atoms with E-state index in [1.807, 2.05) is 57.2 Å². The smallest absolute Gasteiger partial charge is 0.410 e. The second-order valence-electron chi connectivity index (χ2n) is 14.0. The summed E-state index contributed by atoms with van der Waals surface area (Å²) < 4.78 is 18.1. The monoisotopic (exact) mass is 682 g/mol. The van der Waals surface area contributed by atoms with Crippen molar-refractivity contribution in [2.45, 2.75) is 66.2 Å². The molecule has 0 spiro atoms. The van der Waals surface area contributed by atoms with Gasteiger partial charge in [-0.05, 0) is 99.7 Å². The van der Waals surface area contributed by atoms with E-state index in [9.17, 15) is 14.7 Å². The van der Waals surface area contributed by atoms with Gasteiger partial charge >= 0.3 is 12.1 Å². The summed E-state index contributed by atoms with van der Waals surface area (Å²) in [6.45, 7) is 12.4. The average Bonchev–Trinajstić information content (AvgIpc) is 3.79. The normalized spacial score (nSPS) is 16.7. The van der Waals surface area contributed by atoms with Crippen LogP contribution in [0, 0.1) is 19.8 Å². The number of likely N-dealkylation sites (tertiary alicyclic amines) is 1. The summed E-state index contributed by atoms with van der Waals surface area (Å²) in [5.74, 6) is 0.710. The van der Waals surface area contributed by atoms with E-state index in [1.54, 1.807) is 4.90 Å². The third-order valence-corrected chi connectivity index (χ3v) is 9.61. The zero-order chi connectivity index (χ0) is 34.6. The highest BCUT2D eigenvalue weighted by molar-refractivity contribution is 6.34. The minimum absolute atomic E-state index is 0.338. The quantitative estimate of drug-likeness (QED) is 0.188. The minimum Gasteiger partial charge on any atom is -0.481 e. The zero-order valence-electron chi connectivity index (χ0n) is 28.3. The van der Waals surface area contributed by atoms with Gasteiger partial charge in [-0.25, -0.2) is 14.8 Å². The molecule has 0 saturated carbocycles. The highest BCUT2D eigenvalue weighted by Crippen LogP contribution is 2.39. The van der Waals surface area contributed by atoms with Crippen LogP contribution < -0.4 is 0 Å². The standard InChI is InChI=1S/C38H39ClN4O6/c1-21-25(8-6-10-27(21)34-41-31-20-43(15-13-32(31)47-34)37(46)49-38(3,4)5)26-9-7-11-28(22(26)2)35-40-30-17-23(16-29(39)33(30)48-35)18-42-14-12-24(19-42)36(44)45/h6-11,16-17,24H,12-15,18-20H2,1-5H3,(H,44,45)/t24-/m1/s1. The molecular weight excluding hydrogens is 644 g/mol. The Morgan fingerprint density at radius 3 is 2.24 bits per heavy atom. The molecule has 3 aromatic carbocycles. The van der Waals surface area contributed by atoms with Crippen LogP contribution in [-0.2, 0) is 29.0 Å². The number of oxazole rings is 2. The molecule has 7 rings (SSSR count). The molecule has 0 unspecified atom stereocenters. The first-order valence-electron chi connectivity index (χ1n) is 16.6. The summed E-state index contributed by atoms with van der Waals surface area (Å²) in [4.78, 5) is 37.6. The number of carboxylic acids is 1. The Kier molecular flexibility index (Phi) is 8.49. The van der Waals surface area contributed by atoms with E-state index in [0.717, 1.165) is 56.9 Å². The number of carboxylic acid groups (broad SMARTS) is 1. The number of carbonyl (C=O) groups excluding carboxylic acids is 1. The fraction of sp³-hybridized carbons (Fsp3) is 0.368. The van der Waals surface area contributed by atoms with Crippen molar-refractivity contribution in [3.05, 3.63) is 81.7 Å². The van der Waals surface area contributed by atoms with Gasteiger partial charge in [-0.1, -0.05) is 35.9 Å². The Bertz CT molecular complexity index is 2090. The number of aromatic nitrogens is 2. The van der Waals surface area contributed by atoms with Crippen molar-refractivity contribution in [3.8, 4) is 34.0 Å². The largest absolute Gasteiger partial charge is 0.481 e. The van der Waals surface area contributed by atoms with Crippen LogP contribution in [-0.4, -0.2) is 62.2 Å². The lowest BCUT2D eigenvalue weighted by molar-refractivity contribution is -0.141. The number of rotatable bonds is 6. The number of halogens is 1. The molecule has 5 aromatic rings. The predicted octanol–water partition coefficient (Wildman–Crippen LogP) is 8.29. The lowest BCUT2D eigenvalue weighted by Gasteiger charge is -2.28. The fourth-order valence-corrected chi connectivity index (χ4v) is 7.08. The Morgan fingerprint density at radius 1 is 0.959 bits per heavy atom. The first kappa shape index (κ1) is 32.9. The molecule has 1 amide bonds. The van der Waals surface area contributed by atoms with Gasteiger partial charge in [-0.15, -0.1) is 0 Å². The van der Waals surface area contributed by atoms with Crippen molar-refractivity contribution in [3.63, 3.8) is 0 Å². The van der Waals surface area contributed by atoms with Crippen molar-refractivity contribution >= 4 is 34.8 Å². The van der Waals surface area contributed by atoms with E-state index in [4.69, 9.17) is 35.1 Å². The summed E-state index contributed by atoms with van der Waals surface area (Å²) in [6, 6.07) is 16.0. The van der Waals surface area contributed by atoms with E-state index in [1.165, 1.54) is 0 Å². The number of carbonyl (C=O) groups is 2. The molecule has 1 fully saturated rings. The summed E-state index contributed by atoms with van der Waals surface area (Å²) in [5.41, 5.74) is 8.14. The number of nitrogens with zero attached hydrogens (tertiary/aromatic N) is 4. The fourth-order valence-electron chi connectivity index (χ4n) is 6.80. The second kappa shape index (κ2) is 12.7. The van der Waals surface area contributed by atoms with Gasteiger partial charge in [0.05, 0.1) is 17.5 Å². The van der Waals surface area contributed by atoms with Crippen LogP contribution in [0.3, 0.4) is 0 Å². The maximum atomic E-state index is 12.7. The van der Waals surface area contributed by atoms with Crippen LogP contribution >= 0.6 is 11.6 Å². The van der Waals surface area contributed by atoms with Crippen molar-refractivity contribution in [2.75, 3.05) is 19.6 Å². The van der Waals surface area contributed by atoms with E-state index in [2.05, 4.69) is 30.9 Å². The van der Waals surface area contributed by atoms with Crippen LogP contribution in [0.25, 0.3) is 45.1 Å². The molecule has 254 valence electrons. The van der Waals surface area contributed by atoms with Gasteiger partial charge in [0.15, 0.2) is 5.58 Å². The van der Waals surface area contributed by atoms with Gasteiger partial charge in [0.1, 0.15) is 22.6 Å². The Labute approximate surface area is 289 Å². The lowest BCUT2D eigenvalue weighted by Crippen LogP contribution is -2.39. The highest BCUT2D eigenvalue weighted by atomic mass is 35.5. The molecule has 0 radical (unpaired) electrons. The Balaban J connectivity index is 1.16. The molecule has 2 aliphatic rings. The third-order valence-electron chi connectivity index (χ3n) is 9.33. The zero-order valence-corrected chi connectivity index (χ0v) is 29.1. The van der Waals surface area contributed by atoms with Crippen LogP contribution in [0.4, 0.5) is 4.79 Å². The van der Waals surface area contributed by atoms with Crippen LogP contribution in [0.15, 0.2) is 57.4 Å². The third kappa shape index (κ3) is 6.55. The van der Waals surface area contributed by atoms with Crippen LogP contribution in [0.1, 0.15) is 55.3 Å². The maximum Gasteiger partial charge on any atom is 0.410 e. The molecule has 49 heavy (non-hydrogen) atoms. The van der Waals surface area contributed by atoms with Crippen molar-refractivity contribution < 1.29 is 28.3 Å². The first-order valence-corrected chi connectivity index (χ1v) is 16.9. The summed E-state index contributed by atoms with van der Waals surface area (Å²) in [7, 11) is 0. The van der Waals surface area contributed by atoms with Gasteiger partial charge in [-0.3, -0.25) is 9.69 Å². The van der Waals surface area contributed by atoms with Gasteiger partial charge in [0.25, 0.3) is 0 Å². The van der Waals surface area contributed by atoms with Gasteiger partial charge < -0.3 is 23.6 Å². The molecule has 11 heteroatoms. The molecule has 0 aliphatic carbocycles. The SMILES string of the molecule is Cc1c(-c2nc3c(o2)CCN(C(=O)OC(C)(C)C)C3)cccc1-c1cccc(-c2nc3cc(CN4CC[C@@H](C(=O)O)C4)cc(Cl)c3o2)c1C. The number of benzene rings is 3. The van der Waals surface area contributed by atoms with Crippen LogP contribution in [0.5, 0.6) is 0 Å². The van der Waals surface area contributed by atoms with Gasteiger partial charge in [-0.2, -0.15) is 0 Å². The van der Waals surface area contributed by atoms with E-state index >= 15 is 0 Å². The van der Waals surface area contributed by atoms with E-state index in [-0.39, 0.29) is 12.0 Å². The number of hydrogen-bond acceptors (Lipinski definition) is 8. The minimum atomic E-state index is -0.749. The van der Waals surface area contributed by atoms with Crippen LogP contribution in [0.2, 0.25) is 5.02 Å². The summed E-state index contributed by atoms with van der Waals surface area (Å²) in [5, 5.41) is 9.85. The molecular formula is C38H39ClN4O6. The second-order valence-corrected chi connectivity index (χ2v) is 14.4. The molecule has 2 aromatic heterocycles. The van der Waals surface area contributed by atoms with Gasteiger partial charge in [0, 0.05) is 37.2 Å². The highest BCUT2D eigenvalue weighted by Gasteiger charge is 2.30. The number of hydrogen-bond donors (Lipinski definition) is 1. The molecule has 2 aliphatic heterocycles. The number of aliphatic carboxylic acids is 1. The summed E-state index contributed by atoms with van der Waals surface area (Å²) in [6.07, 6.45) is 0.864.